The number of nitrogens with zero attached hydrogens (tertiary/aromatic N) is 2. The van der Waals surface area contributed by atoms with Crippen LogP contribution in [0.5, 0.6) is 5.75 Å². The van der Waals surface area contributed by atoms with Crippen LogP contribution in [-0.4, -0.2) is 38.1 Å². The number of ether oxygens (including phenoxy) is 1. The van der Waals surface area contributed by atoms with Gasteiger partial charge in [0, 0.05) is 17.8 Å². The highest BCUT2D eigenvalue weighted by Gasteiger charge is 2.03. The van der Waals surface area contributed by atoms with Gasteiger partial charge in [0.15, 0.2) is 5.96 Å². The maximum atomic E-state index is 5.97. The molecule has 5 nitrogen and oxygen atoms in total. The number of likely N-dealkylation sites (N-methyl/N-ethyl adjacent to an activating group) is 1. The van der Waals surface area contributed by atoms with Crippen LogP contribution >= 0.6 is 0 Å². The number of nitrogens with two attached hydrogens (primary N) is 1. The molecule has 5 heteroatoms. The number of nitrogens with one attached hydrogen (secondary N) is 1. The van der Waals surface area contributed by atoms with E-state index in [2.05, 4.69) is 22.1 Å². The molecule has 24 heavy (non-hydrogen) atoms. The molecule has 0 atom stereocenters. The van der Waals surface area contributed by atoms with Crippen molar-refractivity contribution in [3.63, 3.8) is 0 Å². The highest BCUT2D eigenvalue weighted by molar-refractivity contribution is 5.92. The number of para-hydroxylation sites is 1. The number of benzene rings is 2. The van der Waals surface area contributed by atoms with E-state index in [4.69, 9.17) is 10.5 Å². The molecule has 0 radical (unpaired) electrons. The summed E-state index contributed by atoms with van der Waals surface area (Å²) < 4.78 is 5.84. The second-order valence-electron chi connectivity index (χ2n) is 5.95. The van der Waals surface area contributed by atoms with E-state index in [9.17, 15) is 0 Å². The molecule has 0 aliphatic rings. The molecule has 0 fully saturated rings. The van der Waals surface area contributed by atoms with E-state index >= 15 is 0 Å². The number of rotatable bonds is 7. The molecule has 0 saturated heterocycles. The van der Waals surface area contributed by atoms with Gasteiger partial charge in [0.1, 0.15) is 12.4 Å². The largest absolute Gasteiger partial charge is 0.492 e. The fraction of sp³-hybridized carbons (Fsp3) is 0.316. The molecule has 128 valence electrons. The van der Waals surface area contributed by atoms with Crippen molar-refractivity contribution in [3.8, 4) is 5.75 Å². The number of anilines is 1. The molecule has 0 aromatic heterocycles. The summed E-state index contributed by atoms with van der Waals surface area (Å²) in [6.45, 7) is 4.04. The van der Waals surface area contributed by atoms with Gasteiger partial charge in [-0.15, -0.1) is 0 Å². The van der Waals surface area contributed by atoms with Crippen molar-refractivity contribution in [3.05, 3.63) is 59.7 Å². The maximum Gasteiger partial charge on any atom is 0.193 e. The lowest BCUT2D eigenvalue weighted by Crippen LogP contribution is -2.22. The average Bonchev–Trinajstić information content (AvgIpc) is 2.56. The fourth-order valence-corrected chi connectivity index (χ4v) is 2.11. The summed E-state index contributed by atoms with van der Waals surface area (Å²) in [5.41, 5.74) is 9.13. The third kappa shape index (κ3) is 5.93. The van der Waals surface area contributed by atoms with Gasteiger partial charge in [-0.1, -0.05) is 35.9 Å². The van der Waals surface area contributed by atoms with E-state index in [0.717, 1.165) is 23.5 Å². The van der Waals surface area contributed by atoms with Crippen LogP contribution in [0.25, 0.3) is 0 Å². The minimum atomic E-state index is 0.391. The highest BCUT2D eigenvalue weighted by Crippen LogP contribution is 2.19. The van der Waals surface area contributed by atoms with Crippen LogP contribution in [-0.2, 0) is 6.54 Å². The number of hydrogen-bond acceptors (Lipinski definition) is 3. The molecule has 2 rings (SSSR count). The van der Waals surface area contributed by atoms with Crippen LogP contribution in [0.3, 0.4) is 0 Å². The Kier molecular flexibility index (Phi) is 6.63. The van der Waals surface area contributed by atoms with Gasteiger partial charge in [0.2, 0.25) is 0 Å². The van der Waals surface area contributed by atoms with E-state index in [1.165, 1.54) is 5.56 Å². The maximum absolute atomic E-state index is 5.97. The first-order valence-electron chi connectivity index (χ1n) is 8.03. The third-order valence-corrected chi connectivity index (χ3v) is 3.51. The number of guanidine groups is 1. The van der Waals surface area contributed by atoms with Gasteiger partial charge in [-0.05, 0) is 39.2 Å². The lowest BCUT2D eigenvalue weighted by molar-refractivity contribution is 0.259. The van der Waals surface area contributed by atoms with Crippen molar-refractivity contribution in [2.24, 2.45) is 10.7 Å². The Morgan fingerprint density at radius 2 is 1.83 bits per heavy atom. The Morgan fingerprint density at radius 1 is 1.12 bits per heavy atom. The molecular formula is C19H26N4O. The summed E-state index contributed by atoms with van der Waals surface area (Å²) in [6, 6.07) is 15.9. The molecule has 2 aromatic rings. The summed E-state index contributed by atoms with van der Waals surface area (Å²) in [7, 11) is 4.05. The second kappa shape index (κ2) is 8.93. The van der Waals surface area contributed by atoms with Crippen molar-refractivity contribution in [1.29, 1.82) is 0 Å². The normalized spacial score (nSPS) is 11.6. The molecule has 2 aromatic carbocycles. The zero-order chi connectivity index (χ0) is 17.4. The van der Waals surface area contributed by atoms with Gasteiger partial charge in [-0.2, -0.15) is 0 Å². The van der Waals surface area contributed by atoms with E-state index in [0.29, 0.717) is 19.1 Å². The lowest BCUT2D eigenvalue weighted by Gasteiger charge is -2.13. The third-order valence-electron chi connectivity index (χ3n) is 3.51. The summed E-state index contributed by atoms with van der Waals surface area (Å²) in [5.74, 6) is 1.24. The molecule has 0 aliphatic heterocycles. The van der Waals surface area contributed by atoms with Gasteiger partial charge in [0.05, 0.1) is 6.54 Å². The quantitative estimate of drug-likeness (QED) is 0.607. The monoisotopic (exact) mass is 326 g/mol. The molecule has 0 bridgehead atoms. The lowest BCUT2D eigenvalue weighted by atomic mass is 10.2. The Balaban J connectivity index is 1.95. The van der Waals surface area contributed by atoms with E-state index < -0.39 is 0 Å². The van der Waals surface area contributed by atoms with E-state index in [1.807, 2.05) is 62.6 Å². The predicted molar refractivity (Wildman–Crippen MR) is 101 cm³/mol. The van der Waals surface area contributed by atoms with E-state index in [1.54, 1.807) is 0 Å². The first-order valence-corrected chi connectivity index (χ1v) is 8.03. The smallest absolute Gasteiger partial charge is 0.193 e. The van der Waals surface area contributed by atoms with Crippen LogP contribution in [0.15, 0.2) is 53.5 Å². The van der Waals surface area contributed by atoms with Crippen molar-refractivity contribution in [1.82, 2.24) is 4.90 Å². The predicted octanol–water partition coefficient (Wildman–Crippen LogP) is 2.86. The molecule has 3 N–H and O–H groups in total. The molecule has 0 heterocycles. The standard InChI is InChI=1S/C19H26N4O/c1-15-8-10-17(11-9-15)22-19(20)21-14-16-6-4-5-7-18(16)24-13-12-23(2)3/h4-11H,12-14H2,1-3H3,(H3,20,21,22). The Morgan fingerprint density at radius 3 is 2.54 bits per heavy atom. The van der Waals surface area contributed by atoms with E-state index in [-0.39, 0.29) is 0 Å². The van der Waals surface area contributed by atoms with Crippen molar-refractivity contribution < 1.29 is 4.74 Å². The van der Waals surface area contributed by atoms with Crippen LogP contribution in [0.1, 0.15) is 11.1 Å². The van der Waals surface area contributed by atoms with Gasteiger partial charge in [-0.3, -0.25) is 0 Å². The minimum absolute atomic E-state index is 0.391. The first kappa shape index (κ1) is 17.8. The minimum Gasteiger partial charge on any atom is -0.492 e. The summed E-state index contributed by atoms with van der Waals surface area (Å²) in [6.07, 6.45) is 0. The van der Waals surface area contributed by atoms with Crippen LogP contribution in [0.4, 0.5) is 5.69 Å². The summed E-state index contributed by atoms with van der Waals surface area (Å²) in [5, 5.41) is 3.10. The van der Waals surface area contributed by atoms with Crippen LogP contribution < -0.4 is 15.8 Å². The van der Waals surface area contributed by atoms with Crippen molar-refractivity contribution in [2.45, 2.75) is 13.5 Å². The molecule has 0 aliphatic carbocycles. The van der Waals surface area contributed by atoms with Gasteiger partial charge in [-0.25, -0.2) is 4.99 Å². The first-order chi connectivity index (χ1) is 11.5. The SMILES string of the molecule is Cc1ccc(NC(N)=NCc2ccccc2OCCN(C)C)cc1. The summed E-state index contributed by atoms with van der Waals surface area (Å²) in [4.78, 5) is 6.50. The average molecular weight is 326 g/mol. The summed E-state index contributed by atoms with van der Waals surface area (Å²) >= 11 is 0. The molecule has 0 saturated carbocycles. The van der Waals surface area contributed by atoms with Crippen molar-refractivity contribution in [2.75, 3.05) is 32.6 Å². The Labute approximate surface area is 144 Å². The van der Waals surface area contributed by atoms with Gasteiger partial charge in [0.25, 0.3) is 0 Å². The van der Waals surface area contributed by atoms with Crippen LogP contribution in [0, 0.1) is 6.92 Å². The fourth-order valence-electron chi connectivity index (χ4n) is 2.11. The molecule has 0 amide bonds. The Bertz CT molecular complexity index is 665. The Hall–Kier alpha value is -2.53. The van der Waals surface area contributed by atoms with Crippen LogP contribution in [0.2, 0.25) is 0 Å². The number of aryl methyl sites for hydroxylation is 1. The number of hydrogen-bond donors (Lipinski definition) is 2. The molecule has 0 unspecified atom stereocenters. The van der Waals surface area contributed by atoms with Crippen molar-refractivity contribution >= 4 is 11.6 Å². The topological polar surface area (TPSA) is 62.9 Å². The molecule has 0 spiro atoms. The van der Waals surface area contributed by atoms with Gasteiger partial charge < -0.3 is 20.7 Å². The number of aliphatic imine (C=N–C) groups is 1. The zero-order valence-electron chi connectivity index (χ0n) is 14.6. The second-order valence-corrected chi connectivity index (χ2v) is 5.95. The molecular weight excluding hydrogens is 300 g/mol. The van der Waals surface area contributed by atoms with Gasteiger partial charge >= 0.3 is 0 Å². The highest BCUT2D eigenvalue weighted by atomic mass is 16.5. The zero-order valence-corrected chi connectivity index (χ0v) is 14.6.